The number of fused-ring (bicyclic) bond motifs is 1. The lowest BCUT2D eigenvalue weighted by atomic mass is 9.68. The molecule has 7 heteroatoms. The van der Waals surface area contributed by atoms with Crippen LogP contribution in [0.4, 0.5) is 5.82 Å². The van der Waals surface area contributed by atoms with Crippen LogP contribution in [0, 0.1) is 11.3 Å². The Kier molecular flexibility index (Phi) is 3.72. The van der Waals surface area contributed by atoms with Crippen molar-refractivity contribution < 1.29 is 19.4 Å². The van der Waals surface area contributed by atoms with E-state index in [2.05, 4.69) is 9.97 Å². The summed E-state index contributed by atoms with van der Waals surface area (Å²) in [4.78, 5) is 33.3. The van der Waals surface area contributed by atoms with Gasteiger partial charge in [-0.25, -0.2) is 14.8 Å². The van der Waals surface area contributed by atoms with E-state index in [9.17, 15) is 9.59 Å². The van der Waals surface area contributed by atoms with E-state index in [1.54, 1.807) is 0 Å². The number of anilines is 1. The molecular formula is C15H19N3O4. The van der Waals surface area contributed by atoms with Crippen LogP contribution in [-0.2, 0) is 9.53 Å². The second-order valence-corrected chi connectivity index (χ2v) is 6.04. The highest BCUT2D eigenvalue weighted by Crippen LogP contribution is 2.48. The number of ether oxygens (including phenoxy) is 1. The van der Waals surface area contributed by atoms with Crippen LogP contribution in [0.15, 0.2) is 12.4 Å². The number of methoxy groups -OCH3 is 1. The van der Waals surface area contributed by atoms with E-state index in [-0.39, 0.29) is 17.6 Å². The van der Waals surface area contributed by atoms with Crippen LogP contribution in [-0.4, -0.2) is 47.2 Å². The van der Waals surface area contributed by atoms with Crippen molar-refractivity contribution in [3.05, 3.63) is 18.1 Å². The monoisotopic (exact) mass is 305 g/mol. The third-order valence-electron chi connectivity index (χ3n) is 4.89. The second kappa shape index (κ2) is 5.55. The summed E-state index contributed by atoms with van der Waals surface area (Å²) in [5, 5.41) is 8.88. The zero-order chi connectivity index (χ0) is 15.7. The normalized spacial score (nSPS) is 27.3. The molecule has 2 fully saturated rings. The van der Waals surface area contributed by atoms with Crippen molar-refractivity contribution in [2.75, 3.05) is 25.1 Å². The lowest BCUT2D eigenvalue weighted by Crippen LogP contribution is -2.42. The number of nitrogens with zero attached hydrogens (tertiary/aromatic N) is 3. The van der Waals surface area contributed by atoms with Gasteiger partial charge in [-0.2, -0.15) is 0 Å². The van der Waals surface area contributed by atoms with Crippen molar-refractivity contribution >= 4 is 17.8 Å². The van der Waals surface area contributed by atoms with E-state index in [0.29, 0.717) is 12.4 Å². The van der Waals surface area contributed by atoms with Crippen LogP contribution in [0.3, 0.4) is 0 Å². The van der Waals surface area contributed by atoms with Crippen molar-refractivity contribution in [1.82, 2.24) is 9.97 Å². The number of hydrogen-bond acceptors (Lipinski definition) is 6. The van der Waals surface area contributed by atoms with Crippen LogP contribution >= 0.6 is 0 Å². The van der Waals surface area contributed by atoms with Crippen LogP contribution in [0.2, 0.25) is 0 Å². The molecule has 1 aliphatic heterocycles. The molecule has 1 saturated carbocycles. The van der Waals surface area contributed by atoms with Gasteiger partial charge in [-0.05, 0) is 18.8 Å². The Morgan fingerprint density at radius 3 is 2.82 bits per heavy atom. The molecule has 1 aromatic rings. The van der Waals surface area contributed by atoms with Crippen LogP contribution in [0.5, 0.6) is 0 Å². The maximum Gasteiger partial charge on any atom is 0.356 e. The van der Waals surface area contributed by atoms with E-state index >= 15 is 0 Å². The zero-order valence-corrected chi connectivity index (χ0v) is 12.5. The predicted molar refractivity (Wildman–Crippen MR) is 77.6 cm³/mol. The molecule has 22 heavy (non-hydrogen) atoms. The number of carboxylic acid groups (broad SMARTS) is 1. The molecule has 1 saturated heterocycles. The Morgan fingerprint density at radius 2 is 2.18 bits per heavy atom. The first-order chi connectivity index (χ1) is 10.6. The molecule has 1 aromatic heterocycles. The number of carboxylic acids is 1. The largest absolute Gasteiger partial charge is 0.476 e. The molecule has 2 heterocycles. The van der Waals surface area contributed by atoms with Crippen molar-refractivity contribution in [2.45, 2.75) is 25.7 Å². The summed E-state index contributed by atoms with van der Waals surface area (Å²) in [7, 11) is 1.44. The summed E-state index contributed by atoms with van der Waals surface area (Å²) < 4.78 is 5.05. The topological polar surface area (TPSA) is 92.6 Å². The molecular weight excluding hydrogens is 286 g/mol. The number of rotatable bonds is 3. The molecule has 118 valence electrons. The lowest BCUT2D eigenvalue weighted by Gasteiger charge is -2.35. The van der Waals surface area contributed by atoms with Gasteiger partial charge in [0.25, 0.3) is 0 Å². The number of esters is 1. The van der Waals surface area contributed by atoms with Crippen LogP contribution in [0.1, 0.15) is 36.2 Å². The fourth-order valence-corrected chi connectivity index (χ4v) is 3.76. The fraction of sp³-hybridized carbons (Fsp3) is 0.600. The van der Waals surface area contributed by atoms with Gasteiger partial charge in [0.15, 0.2) is 5.69 Å². The van der Waals surface area contributed by atoms with Gasteiger partial charge in [0.2, 0.25) is 0 Å². The lowest BCUT2D eigenvalue weighted by molar-refractivity contribution is -0.156. The molecule has 1 N–H and O–H groups in total. The Hall–Kier alpha value is -2.18. The maximum absolute atomic E-state index is 12.3. The molecule has 0 bridgehead atoms. The van der Waals surface area contributed by atoms with Crippen molar-refractivity contribution in [3.63, 3.8) is 0 Å². The van der Waals surface area contributed by atoms with Crippen molar-refractivity contribution in [2.24, 2.45) is 11.3 Å². The van der Waals surface area contributed by atoms with E-state index in [1.807, 2.05) is 4.90 Å². The first kappa shape index (κ1) is 14.7. The Morgan fingerprint density at radius 1 is 1.36 bits per heavy atom. The predicted octanol–water partition coefficient (Wildman–Crippen LogP) is 1.34. The van der Waals surface area contributed by atoms with E-state index in [1.165, 1.54) is 19.5 Å². The third kappa shape index (κ3) is 2.30. The van der Waals surface area contributed by atoms with Gasteiger partial charge in [0, 0.05) is 13.1 Å². The Bertz CT molecular complexity index is 589. The summed E-state index contributed by atoms with van der Waals surface area (Å²) >= 11 is 0. The smallest absolute Gasteiger partial charge is 0.356 e. The summed E-state index contributed by atoms with van der Waals surface area (Å²) in [6.07, 6.45) is 6.72. The summed E-state index contributed by atoms with van der Waals surface area (Å²) in [5.41, 5.74) is -0.539. The van der Waals surface area contributed by atoms with Crippen LogP contribution in [0.25, 0.3) is 0 Å². The van der Waals surface area contributed by atoms with E-state index in [0.717, 1.165) is 32.2 Å². The molecule has 2 aliphatic rings. The average molecular weight is 305 g/mol. The fourth-order valence-electron chi connectivity index (χ4n) is 3.76. The number of aromatic carboxylic acids is 1. The maximum atomic E-state index is 12.3. The second-order valence-electron chi connectivity index (χ2n) is 6.04. The van der Waals surface area contributed by atoms with Gasteiger partial charge >= 0.3 is 11.9 Å². The molecule has 2 atom stereocenters. The molecule has 1 aliphatic carbocycles. The standard InChI is InChI=1S/C15H19N3O4/c1-22-14(21)15-5-3-2-4-10(15)8-18(9-15)12-7-16-11(6-17-12)13(19)20/h6-7,10H,2-5,8-9H2,1H3,(H,19,20)/t10-,15-/m1/s1. The minimum absolute atomic E-state index is 0.0805. The van der Waals surface area contributed by atoms with Gasteiger partial charge in [-0.15, -0.1) is 0 Å². The summed E-state index contributed by atoms with van der Waals surface area (Å²) in [6.45, 7) is 1.29. The number of carbonyl (C=O) groups excluding carboxylic acids is 1. The van der Waals surface area contributed by atoms with E-state index < -0.39 is 11.4 Å². The van der Waals surface area contributed by atoms with E-state index in [4.69, 9.17) is 9.84 Å². The van der Waals surface area contributed by atoms with Crippen molar-refractivity contribution in [1.29, 1.82) is 0 Å². The van der Waals surface area contributed by atoms with Gasteiger partial charge in [-0.1, -0.05) is 12.8 Å². The molecule has 0 spiro atoms. The highest BCUT2D eigenvalue weighted by molar-refractivity contribution is 5.85. The van der Waals surface area contributed by atoms with Crippen LogP contribution < -0.4 is 4.90 Å². The Labute approximate surface area is 128 Å². The Balaban J connectivity index is 1.85. The molecule has 0 aromatic carbocycles. The quantitative estimate of drug-likeness (QED) is 0.842. The summed E-state index contributed by atoms with van der Waals surface area (Å²) in [5.74, 6) is -0.368. The number of aromatic nitrogens is 2. The minimum atomic E-state index is -1.10. The SMILES string of the molecule is COC(=O)[C@@]12CCCC[C@@H]1CN(c1cnc(C(=O)O)cn1)C2. The van der Waals surface area contributed by atoms with Gasteiger partial charge in [-0.3, -0.25) is 4.79 Å². The molecule has 0 unspecified atom stereocenters. The number of carbonyl (C=O) groups is 2. The third-order valence-corrected chi connectivity index (χ3v) is 4.89. The summed E-state index contributed by atoms with van der Waals surface area (Å²) in [6, 6.07) is 0. The number of hydrogen-bond donors (Lipinski definition) is 1. The molecule has 7 nitrogen and oxygen atoms in total. The first-order valence-electron chi connectivity index (χ1n) is 7.45. The van der Waals surface area contributed by atoms with Gasteiger partial charge < -0.3 is 14.7 Å². The molecule has 0 radical (unpaired) electrons. The average Bonchev–Trinajstić information content (AvgIpc) is 2.95. The zero-order valence-electron chi connectivity index (χ0n) is 12.5. The van der Waals surface area contributed by atoms with Gasteiger partial charge in [0.1, 0.15) is 5.82 Å². The molecule has 0 amide bonds. The minimum Gasteiger partial charge on any atom is -0.476 e. The molecule has 3 rings (SSSR count). The van der Waals surface area contributed by atoms with Gasteiger partial charge in [0.05, 0.1) is 24.9 Å². The highest BCUT2D eigenvalue weighted by Gasteiger charge is 2.54. The first-order valence-corrected chi connectivity index (χ1v) is 7.45. The highest BCUT2D eigenvalue weighted by atomic mass is 16.5. The van der Waals surface area contributed by atoms with Crippen molar-refractivity contribution in [3.8, 4) is 0 Å².